The molecule has 0 radical (unpaired) electrons. The lowest BCUT2D eigenvalue weighted by molar-refractivity contribution is -0.118. The van der Waals surface area contributed by atoms with E-state index in [9.17, 15) is 19.1 Å². The zero-order valence-electron chi connectivity index (χ0n) is 12.0. The van der Waals surface area contributed by atoms with E-state index < -0.39 is 17.8 Å². The summed E-state index contributed by atoms with van der Waals surface area (Å²) >= 11 is 0. The number of hydrogen-bond donors (Lipinski definition) is 4. The van der Waals surface area contributed by atoms with Crippen LogP contribution < -0.4 is 11.0 Å². The third-order valence-corrected chi connectivity index (χ3v) is 3.41. The van der Waals surface area contributed by atoms with Crippen LogP contribution in [0, 0.1) is 5.82 Å². The van der Waals surface area contributed by atoms with Gasteiger partial charge in [0.05, 0.1) is 23.6 Å². The van der Waals surface area contributed by atoms with E-state index in [0.29, 0.717) is 22.3 Å². The van der Waals surface area contributed by atoms with Crippen molar-refractivity contribution < 1.29 is 14.3 Å². The second-order valence-corrected chi connectivity index (χ2v) is 5.16. The van der Waals surface area contributed by atoms with Crippen molar-refractivity contribution in [2.24, 2.45) is 0 Å². The highest BCUT2D eigenvalue weighted by molar-refractivity contribution is 5.93. The maximum atomic E-state index is 13.1. The van der Waals surface area contributed by atoms with E-state index in [1.807, 2.05) is 0 Å². The Morgan fingerprint density at radius 2 is 1.96 bits per heavy atom. The van der Waals surface area contributed by atoms with Crippen molar-refractivity contribution in [1.29, 1.82) is 0 Å². The Kier molecular flexibility index (Phi) is 3.94. The van der Waals surface area contributed by atoms with Crippen LogP contribution in [0.1, 0.15) is 18.1 Å². The number of carbonyl (C=O) groups is 1. The summed E-state index contributed by atoms with van der Waals surface area (Å²) in [6.07, 6.45) is -1.30. The SMILES string of the molecule is O=C(CC(O)c1cccc(F)c1)Nc1ccc2[nH]c(=O)[nH]c2c1. The average molecular weight is 315 g/mol. The first-order chi connectivity index (χ1) is 11.0. The van der Waals surface area contributed by atoms with Crippen LogP contribution >= 0.6 is 0 Å². The van der Waals surface area contributed by atoms with Gasteiger partial charge in [-0.15, -0.1) is 0 Å². The number of nitrogens with one attached hydrogen (secondary N) is 3. The van der Waals surface area contributed by atoms with E-state index in [0.717, 1.165) is 0 Å². The van der Waals surface area contributed by atoms with Crippen LogP contribution in [-0.4, -0.2) is 21.0 Å². The third kappa shape index (κ3) is 3.46. The first-order valence-corrected chi connectivity index (χ1v) is 6.97. The Morgan fingerprint density at radius 1 is 1.17 bits per heavy atom. The highest BCUT2D eigenvalue weighted by atomic mass is 19.1. The molecule has 0 fully saturated rings. The number of hydrogen-bond acceptors (Lipinski definition) is 3. The minimum Gasteiger partial charge on any atom is -0.388 e. The van der Waals surface area contributed by atoms with Gasteiger partial charge in [0.1, 0.15) is 5.82 Å². The van der Waals surface area contributed by atoms with E-state index in [1.165, 1.54) is 18.2 Å². The molecule has 0 aliphatic rings. The quantitative estimate of drug-likeness (QED) is 0.593. The molecule has 0 aliphatic heterocycles. The fraction of sp³-hybridized carbons (Fsp3) is 0.125. The maximum absolute atomic E-state index is 13.1. The van der Waals surface area contributed by atoms with Gasteiger partial charge in [-0.05, 0) is 35.9 Å². The smallest absolute Gasteiger partial charge is 0.323 e. The molecule has 3 rings (SSSR count). The molecule has 6 nitrogen and oxygen atoms in total. The number of carbonyl (C=O) groups excluding carboxylic acids is 1. The van der Waals surface area contributed by atoms with Crippen LogP contribution in [0.2, 0.25) is 0 Å². The van der Waals surface area contributed by atoms with Gasteiger partial charge in [-0.1, -0.05) is 12.1 Å². The van der Waals surface area contributed by atoms with Gasteiger partial charge in [-0.2, -0.15) is 0 Å². The van der Waals surface area contributed by atoms with Gasteiger partial charge in [0.15, 0.2) is 0 Å². The van der Waals surface area contributed by atoms with Crippen molar-refractivity contribution in [3.8, 4) is 0 Å². The van der Waals surface area contributed by atoms with Gasteiger partial charge in [0.25, 0.3) is 0 Å². The number of anilines is 1. The third-order valence-electron chi connectivity index (χ3n) is 3.41. The number of aliphatic hydroxyl groups excluding tert-OH is 1. The van der Waals surface area contributed by atoms with E-state index in [1.54, 1.807) is 24.3 Å². The molecule has 0 spiro atoms. The number of rotatable bonds is 4. The molecule has 23 heavy (non-hydrogen) atoms. The van der Waals surface area contributed by atoms with Crippen molar-refractivity contribution in [2.75, 3.05) is 5.32 Å². The first-order valence-electron chi connectivity index (χ1n) is 6.97. The molecular weight excluding hydrogens is 301 g/mol. The Balaban J connectivity index is 1.69. The summed E-state index contributed by atoms with van der Waals surface area (Å²) in [5.41, 5.74) is 1.70. The number of fused-ring (bicyclic) bond motifs is 1. The average Bonchev–Trinajstić information content (AvgIpc) is 2.86. The van der Waals surface area contributed by atoms with E-state index in [-0.39, 0.29) is 12.1 Å². The Morgan fingerprint density at radius 3 is 2.74 bits per heavy atom. The predicted molar refractivity (Wildman–Crippen MR) is 83.5 cm³/mol. The second kappa shape index (κ2) is 6.05. The molecule has 1 amide bonds. The van der Waals surface area contributed by atoms with E-state index in [4.69, 9.17) is 0 Å². The molecule has 1 atom stereocenters. The first kappa shape index (κ1) is 15.0. The van der Waals surface area contributed by atoms with Gasteiger partial charge >= 0.3 is 5.69 Å². The van der Waals surface area contributed by atoms with Crippen LogP contribution in [0.15, 0.2) is 47.3 Å². The summed E-state index contributed by atoms with van der Waals surface area (Å²) in [7, 11) is 0. The molecule has 2 aromatic carbocycles. The van der Waals surface area contributed by atoms with E-state index in [2.05, 4.69) is 15.3 Å². The summed E-state index contributed by atoms with van der Waals surface area (Å²) in [5, 5.41) is 12.6. The molecule has 3 aromatic rings. The molecule has 7 heteroatoms. The Hall–Kier alpha value is -2.93. The normalized spacial score (nSPS) is 12.3. The standard InChI is InChI=1S/C16H14FN3O3/c17-10-3-1-2-9(6-10)14(21)8-15(22)18-11-4-5-12-13(7-11)20-16(23)19-12/h1-7,14,21H,8H2,(H,18,22)(H2,19,20,23). The summed E-state index contributed by atoms with van der Waals surface area (Å²) in [4.78, 5) is 28.4. The van der Waals surface area contributed by atoms with Crippen molar-refractivity contribution in [1.82, 2.24) is 9.97 Å². The van der Waals surface area contributed by atoms with Crippen molar-refractivity contribution in [3.63, 3.8) is 0 Å². The number of aliphatic hydroxyl groups is 1. The molecule has 0 bridgehead atoms. The Bertz CT molecular complexity index is 916. The van der Waals surface area contributed by atoms with Gasteiger partial charge in [-0.25, -0.2) is 9.18 Å². The second-order valence-electron chi connectivity index (χ2n) is 5.16. The lowest BCUT2D eigenvalue weighted by Gasteiger charge is -2.11. The topological polar surface area (TPSA) is 98.0 Å². The van der Waals surface area contributed by atoms with Crippen LogP contribution in [0.25, 0.3) is 11.0 Å². The van der Waals surface area contributed by atoms with Gasteiger partial charge in [-0.3, -0.25) is 4.79 Å². The molecule has 0 aliphatic carbocycles. The van der Waals surface area contributed by atoms with Crippen LogP contribution in [0.4, 0.5) is 10.1 Å². The molecule has 0 saturated carbocycles. The number of H-pyrrole nitrogens is 2. The molecule has 4 N–H and O–H groups in total. The predicted octanol–water partition coefficient (Wildman–Crippen LogP) is 2.06. The van der Waals surface area contributed by atoms with E-state index >= 15 is 0 Å². The number of halogens is 1. The summed E-state index contributed by atoms with van der Waals surface area (Å²) in [5.74, 6) is -0.886. The van der Waals surface area contributed by atoms with Crippen molar-refractivity contribution in [3.05, 3.63) is 64.3 Å². The number of benzene rings is 2. The highest BCUT2D eigenvalue weighted by Crippen LogP contribution is 2.19. The highest BCUT2D eigenvalue weighted by Gasteiger charge is 2.14. The summed E-state index contributed by atoms with van der Waals surface area (Å²) < 4.78 is 13.1. The molecule has 118 valence electrons. The Labute approximate surface area is 130 Å². The molecule has 1 aromatic heterocycles. The van der Waals surface area contributed by atoms with Gasteiger partial charge < -0.3 is 20.4 Å². The molecule has 1 unspecified atom stereocenters. The summed E-state index contributed by atoms with van der Waals surface area (Å²) in [6, 6.07) is 10.4. The zero-order chi connectivity index (χ0) is 16.4. The van der Waals surface area contributed by atoms with Crippen LogP contribution in [-0.2, 0) is 4.79 Å². The van der Waals surface area contributed by atoms with Crippen LogP contribution in [0.5, 0.6) is 0 Å². The minimum absolute atomic E-state index is 0.203. The number of imidazole rings is 1. The number of aromatic nitrogens is 2. The zero-order valence-corrected chi connectivity index (χ0v) is 12.0. The van der Waals surface area contributed by atoms with Crippen LogP contribution in [0.3, 0.4) is 0 Å². The minimum atomic E-state index is -1.10. The molecule has 1 heterocycles. The molecular formula is C16H14FN3O3. The fourth-order valence-electron chi connectivity index (χ4n) is 2.33. The lowest BCUT2D eigenvalue weighted by atomic mass is 10.1. The van der Waals surface area contributed by atoms with Gasteiger partial charge in [0.2, 0.25) is 5.91 Å². The largest absolute Gasteiger partial charge is 0.388 e. The van der Waals surface area contributed by atoms with Crippen molar-refractivity contribution >= 4 is 22.6 Å². The number of amides is 1. The summed E-state index contributed by atoms with van der Waals surface area (Å²) in [6.45, 7) is 0. The van der Waals surface area contributed by atoms with Crippen molar-refractivity contribution in [2.45, 2.75) is 12.5 Å². The van der Waals surface area contributed by atoms with Gasteiger partial charge in [0, 0.05) is 5.69 Å². The monoisotopic (exact) mass is 315 g/mol. The lowest BCUT2D eigenvalue weighted by Crippen LogP contribution is -2.15. The molecule has 0 saturated heterocycles. The fourth-order valence-corrected chi connectivity index (χ4v) is 2.33. The maximum Gasteiger partial charge on any atom is 0.323 e. The number of aromatic amines is 2.